The summed E-state index contributed by atoms with van der Waals surface area (Å²) in [5.74, 6) is 0.209. The van der Waals surface area contributed by atoms with Crippen molar-refractivity contribution in [1.82, 2.24) is 4.98 Å². The fraction of sp³-hybridized carbons (Fsp3) is 0.571. The zero-order valence-electron chi connectivity index (χ0n) is 10.6. The molecule has 2 saturated carbocycles. The minimum atomic E-state index is -1.26. The van der Waals surface area contributed by atoms with Gasteiger partial charge in [0.15, 0.2) is 11.6 Å². The monoisotopic (exact) mass is 264 g/mol. The van der Waals surface area contributed by atoms with Gasteiger partial charge in [-0.05, 0) is 43.1 Å². The number of nitrogens with zero attached hydrogens (tertiary/aromatic N) is 1. The van der Waals surface area contributed by atoms with Crippen molar-refractivity contribution >= 4 is 11.8 Å². The Morgan fingerprint density at radius 3 is 2.95 bits per heavy atom. The zero-order chi connectivity index (χ0) is 13.4. The minimum Gasteiger partial charge on any atom is -0.478 e. The number of anilines is 1. The summed E-state index contributed by atoms with van der Waals surface area (Å²) in [6.07, 6.45) is 6.45. The molecule has 0 aromatic carbocycles. The first-order chi connectivity index (χ1) is 9.15. The van der Waals surface area contributed by atoms with E-state index < -0.39 is 11.8 Å². The molecule has 0 aliphatic heterocycles. The SMILES string of the molecule is O=C(O)c1ccnc(NCC2CC3CCC2C3)c1F. The molecule has 19 heavy (non-hydrogen) atoms. The molecule has 0 spiro atoms. The van der Waals surface area contributed by atoms with Crippen LogP contribution in [0.3, 0.4) is 0 Å². The summed E-state index contributed by atoms with van der Waals surface area (Å²) in [6.45, 7) is 0.689. The molecule has 102 valence electrons. The maximum absolute atomic E-state index is 13.9. The molecule has 1 aromatic heterocycles. The first-order valence-electron chi connectivity index (χ1n) is 6.77. The number of pyridine rings is 1. The third-order valence-corrected chi connectivity index (χ3v) is 4.54. The summed E-state index contributed by atoms with van der Waals surface area (Å²) in [5, 5.41) is 11.8. The minimum absolute atomic E-state index is 0.0580. The molecule has 2 aliphatic rings. The maximum Gasteiger partial charge on any atom is 0.338 e. The van der Waals surface area contributed by atoms with Gasteiger partial charge in [0.2, 0.25) is 0 Å². The number of fused-ring (bicyclic) bond motifs is 2. The molecule has 0 amide bonds. The number of carboxylic acids is 1. The number of hydrogen-bond donors (Lipinski definition) is 2. The van der Waals surface area contributed by atoms with Gasteiger partial charge in [0.05, 0.1) is 0 Å². The van der Waals surface area contributed by atoms with Crippen LogP contribution in [0.4, 0.5) is 10.2 Å². The zero-order valence-corrected chi connectivity index (χ0v) is 10.6. The Morgan fingerprint density at radius 1 is 1.47 bits per heavy atom. The van der Waals surface area contributed by atoms with Crippen molar-refractivity contribution in [1.29, 1.82) is 0 Å². The Labute approximate surface area is 111 Å². The van der Waals surface area contributed by atoms with Crippen LogP contribution in [0.5, 0.6) is 0 Å². The maximum atomic E-state index is 13.9. The van der Waals surface area contributed by atoms with Crippen molar-refractivity contribution < 1.29 is 14.3 Å². The van der Waals surface area contributed by atoms with Crippen molar-refractivity contribution in [3.05, 3.63) is 23.6 Å². The molecule has 3 rings (SSSR count). The fourth-order valence-corrected chi connectivity index (χ4v) is 3.59. The number of carbonyl (C=O) groups is 1. The second-order valence-electron chi connectivity index (χ2n) is 5.64. The molecular formula is C14H17FN2O2. The summed E-state index contributed by atoms with van der Waals surface area (Å²) in [4.78, 5) is 14.7. The molecule has 2 N–H and O–H groups in total. The lowest BCUT2D eigenvalue weighted by atomic mass is 9.89. The third-order valence-electron chi connectivity index (χ3n) is 4.54. The van der Waals surface area contributed by atoms with E-state index in [4.69, 9.17) is 5.11 Å². The average Bonchev–Trinajstić information content (AvgIpc) is 2.99. The molecule has 2 bridgehead atoms. The molecule has 2 aliphatic carbocycles. The van der Waals surface area contributed by atoms with Crippen LogP contribution >= 0.6 is 0 Å². The highest BCUT2D eigenvalue weighted by Crippen LogP contribution is 2.48. The normalized spacial score (nSPS) is 28.6. The predicted molar refractivity (Wildman–Crippen MR) is 68.6 cm³/mol. The molecule has 3 unspecified atom stereocenters. The van der Waals surface area contributed by atoms with Crippen molar-refractivity contribution in [3.63, 3.8) is 0 Å². The van der Waals surface area contributed by atoms with Gasteiger partial charge in [-0.3, -0.25) is 0 Å². The van der Waals surface area contributed by atoms with Crippen LogP contribution in [-0.2, 0) is 0 Å². The van der Waals surface area contributed by atoms with E-state index in [0.29, 0.717) is 12.5 Å². The van der Waals surface area contributed by atoms with Crippen LogP contribution < -0.4 is 5.32 Å². The van der Waals surface area contributed by atoms with Gasteiger partial charge in [-0.2, -0.15) is 0 Å². The van der Waals surface area contributed by atoms with E-state index in [0.717, 1.165) is 11.8 Å². The number of nitrogens with one attached hydrogen (secondary N) is 1. The lowest BCUT2D eigenvalue weighted by molar-refractivity contribution is 0.0692. The highest BCUT2D eigenvalue weighted by Gasteiger charge is 2.39. The highest BCUT2D eigenvalue weighted by atomic mass is 19.1. The summed E-state index contributed by atoms with van der Waals surface area (Å²) >= 11 is 0. The molecule has 1 aromatic rings. The molecule has 0 saturated heterocycles. The van der Waals surface area contributed by atoms with Gasteiger partial charge in [0.25, 0.3) is 0 Å². The van der Waals surface area contributed by atoms with Gasteiger partial charge in [0.1, 0.15) is 5.56 Å². The van der Waals surface area contributed by atoms with Crippen molar-refractivity contribution in [3.8, 4) is 0 Å². The molecule has 3 atom stereocenters. The van der Waals surface area contributed by atoms with Gasteiger partial charge < -0.3 is 10.4 Å². The van der Waals surface area contributed by atoms with Gasteiger partial charge in [0, 0.05) is 12.7 Å². The standard InChI is InChI=1S/C14H17FN2O2/c15-12-11(14(18)19)3-4-16-13(12)17-7-10-6-8-1-2-9(10)5-8/h3-4,8-10H,1-2,5-7H2,(H,16,17)(H,18,19). The predicted octanol–water partition coefficient (Wildman–Crippen LogP) is 2.77. The third kappa shape index (κ3) is 2.29. The van der Waals surface area contributed by atoms with Crippen molar-refractivity contribution in [2.75, 3.05) is 11.9 Å². The lowest BCUT2D eigenvalue weighted by Gasteiger charge is -2.22. The first kappa shape index (κ1) is 12.4. The molecule has 1 heterocycles. The number of aromatic nitrogens is 1. The van der Waals surface area contributed by atoms with Crippen LogP contribution in [0.1, 0.15) is 36.0 Å². The van der Waals surface area contributed by atoms with Gasteiger partial charge in [-0.25, -0.2) is 14.2 Å². The second kappa shape index (κ2) is 4.79. The van der Waals surface area contributed by atoms with Gasteiger partial charge >= 0.3 is 5.97 Å². The number of halogens is 1. The van der Waals surface area contributed by atoms with E-state index in [1.807, 2.05) is 0 Å². The Bertz CT molecular complexity index is 506. The summed E-state index contributed by atoms with van der Waals surface area (Å²) in [5.41, 5.74) is -0.328. The summed E-state index contributed by atoms with van der Waals surface area (Å²) < 4.78 is 13.9. The fourth-order valence-electron chi connectivity index (χ4n) is 3.59. The molecule has 0 radical (unpaired) electrons. The van der Waals surface area contributed by atoms with Gasteiger partial charge in [-0.15, -0.1) is 0 Å². The highest BCUT2D eigenvalue weighted by molar-refractivity contribution is 5.88. The molecular weight excluding hydrogens is 247 g/mol. The molecule has 4 nitrogen and oxygen atoms in total. The van der Waals surface area contributed by atoms with E-state index in [1.165, 1.54) is 37.9 Å². The quantitative estimate of drug-likeness (QED) is 0.877. The van der Waals surface area contributed by atoms with Crippen LogP contribution in [0.15, 0.2) is 12.3 Å². The molecule has 5 heteroatoms. The summed E-state index contributed by atoms with van der Waals surface area (Å²) in [6, 6.07) is 1.18. The Kier molecular flexibility index (Phi) is 3.12. The largest absolute Gasteiger partial charge is 0.478 e. The second-order valence-corrected chi connectivity index (χ2v) is 5.64. The van der Waals surface area contributed by atoms with E-state index in [9.17, 15) is 9.18 Å². The van der Waals surface area contributed by atoms with Crippen LogP contribution in [0, 0.1) is 23.6 Å². The molecule has 2 fully saturated rings. The Morgan fingerprint density at radius 2 is 2.32 bits per heavy atom. The number of aromatic carboxylic acids is 1. The van der Waals surface area contributed by atoms with E-state index in [1.54, 1.807) is 0 Å². The van der Waals surface area contributed by atoms with Gasteiger partial charge in [-0.1, -0.05) is 6.42 Å². The Hall–Kier alpha value is -1.65. The van der Waals surface area contributed by atoms with E-state index >= 15 is 0 Å². The van der Waals surface area contributed by atoms with Crippen LogP contribution in [-0.4, -0.2) is 22.6 Å². The van der Waals surface area contributed by atoms with Crippen LogP contribution in [0.25, 0.3) is 0 Å². The number of carboxylic acid groups (broad SMARTS) is 1. The number of rotatable bonds is 4. The lowest BCUT2D eigenvalue weighted by Crippen LogP contribution is -2.21. The first-order valence-corrected chi connectivity index (χ1v) is 6.77. The topological polar surface area (TPSA) is 62.2 Å². The average molecular weight is 264 g/mol. The number of hydrogen-bond acceptors (Lipinski definition) is 3. The van der Waals surface area contributed by atoms with Crippen molar-refractivity contribution in [2.24, 2.45) is 17.8 Å². The van der Waals surface area contributed by atoms with E-state index in [2.05, 4.69) is 10.3 Å². The van der Waals surface area contributed by atoms with E-state index in [-0.39, 0.29) is 11.4 Å². The Balaban J connectivity index is 1.67. The smallest absolute Gasteiger partial charge is 0.338 e. The summed E-state index contributed by atoms with van der Waals surface area (Å²) in [7, 11) is 0. The van der Waals surface area contributed by atoms with Crippen molar-refractivity contribution in [2.45, 2.75) is 25.7 Å². The van der Waals surface area contributed by atoms with Crippen LogP contribution in [0.2, 0.25) is 0 Å².